The van der Waals surface area contributed by atoms with Crippen LogP contribution in [0.15, 0.2) is 0 Å². The van der Waals surface area contributed by atoms with Gasteiger partial charge in [0.05, 0.1) is 6.54 Å². The summed E-state index contributed by atoms with van der Waals surface area (Å²) in [5, 5.41) is 0. The Kier molecular flexibility index (Phi) is 7.76. The van der Waals surface area contributed by atoms with Gasteiger partial charge in [0, 0.05) is 0 Å². The van der Waals surface area contributed by atoms with E-state index in [4.69, 9.17) is 5.73 Å². The Morgan fingerprint density at radius 1 is 1.25 bits per heavy atom. The second-order valence-corrected chi connectivity index (χ2v) is 4.35. The minimum atomic E-state index is -4.09. The molecule has 2 nitrogen and oxygen atoms in total. The van der Waals surface area contributed by atoms with Gasteiger partial charge in [-0.05, 0) is 45.3 Å². The smallest absolute Gasteiger partial charge is 0.330 e. The number of nitrogens with two attached hydrogens (primary N) is 1. The van der Waals surface area contributed by atoms with Gasteiger partial charge in [0.25, 0.3) is 0 Å². The average molecular weight is 240 g/mol. The molecule has 0 aliphatic heterocycles. The van der Waals surface area contributed by atoms with Crippen molar-refractivity contribution in [2.75, 3.05) is 26.7 Å². The summed E-state index contributed by atoms with van der Waals surface area (Å²) in [6, 6.07) is 0. The minimum absolute atomic E-state index is 0.501. The van der Waals surface area contributed by atoms with E-state index in [1.165, 1.54) is 11.9 Å². The van der Waals surface area contributed by atoms with Crippen molar-refractivity contribution in [2.24, 2.45) is 11.7 Å². The molecule has 0 aliphatic carbocycles. The fourth-order valence-electron chi connectivity index (χ4n) is 1.82. The van der Waals surface area contributed by atoms with Crippen molar-refractivity contribution in [2.45, 2.75) is 38.8 Å². The molecule has 2 N–H and O–H groups in total. The highest BCUT2D eigenvalue weighted by molar-refractivity contribution is 4.62. The Bertz CT molecular complexity index is 171. The standard InChI is InChI=1S/C11H23F3N2/c1-3-10(6-7-15)5-4-8-16(2)9-11(12,13)14/h10H,3-9,15H2,1-2H3. The topological polar surface area (TPSA) is 29.3 Å². The predicted octanol–water partition coefficient (Wildman–Crippen LogP) is 2.64. The molecule has 0 aromatic heterocycles. The van der Waals surface area contributed by atoms with Gasteiger partial charge in [-0.2, -0.15) is 13.2 Å². The van der Waals surface area contributed by atoms with E-state index in [1.54, 1.807) is 0 Å². The molecule has 0 saturated heterocycles. The first-order valence-electron chi connectivity index (χ1n) is 5.84. The van der Waals surface area contributed by atoms with E-state index in [9.17, 15) is 13.2 Å². The van der Waals surface area contributed by atoms with Crippen LogP contribution in [0.25, 0.3) is 0 Å². The maximum absolute atomic E-state index is 12.0. The summed E-state index contributed by atoms with van der Waals surface area (Å²) in [6.07, 6.45) is -0.281. The summed E-state index contributed by atoms with van der Waals surface area (Å²) in [5.74, 6) is 0.560. The zero-order valence-electron chi connectivity index (χ0n) is 10.2. The number of rotatable bonds is 8. The van der Waals surface area contributed by atoms with Gasteiger partial charge in [-0.15, -0.1) is 0 Å². The van der Waals surface area contributed by atoms with Crippen LogP contribution >= 0.6 is 0 Å². The Labute approximate surface area is 96.0 Å². The molecule has 0 fully saturated rings. The van der Waals surface area contributed by atoms with Crippen molar-refractivity contribution in [1.29, 1.82) is 0 Å². The summed E-state index contributed by atoms with van der Waals surface area (Å²) in [5.41, 5.74) is 5.46. The highest BCUT2D eigenvalue weighted by atomic mass is 19.4. The molecule has 0 aromatic rings. The van der Waals surface area contributed by atoms with Crippen molar-refractivity contribution in [3.05, 3.63) is 0 Å². The monoisotopic (exact) mass is 240 g/mol. The van der Waals surface area contributed by atoms with Crippen LogP contribution in [-0.2, 0) is 0 Å². The fourth-order valence-corrected chi connectivity index (χ4v) is 1.82. The number of hydrogen-bond acceptors (Lipinski definition) is 2. The van der Waals surface area contributed by atoms with Crippen molar-refractivity contribution >= 4 is 0 Å². The maximum Gasteiger partial charge on any atom is 0.401 e. The second-order valence-electron chi connectivity index (χ2n) is 4.35. The molecule has 1 atom stereocenters. The third kappa shape index (κ3) is 8.97. The van der Waals surface area contributed by atoms with Crippen LogP contribution in [0.5, 0.6) is 0 Å². The largest absolute Gasteiger partial charge is 0.401 e. The van der Waals surface area contributed by atoms with Crippen LogP contribution in [-0.4, -0.2) is 37.8 Å². The first kappa shape index (κ1) is 15.7. The Morgan fingerprint density at radius 3 is 2.31 bits per heavy atom. The van der Waals surface area contributed by atoms with Crippen LogP contribution in [0, 0.1) is 5.92 Å². The van der Waals surface area contributed by atoms with Crippen molar-refractivity contribution < 1.29 is 13.2 Å². The van der Waals surface area contributed by atoms with E-state index in [2.05, 4.69) is 6.92 Å². The summed E-state index contributed by atoms with van der Waals surface area (Å²) < 4.78 is 36.1. The lowest BCUT2D eigenvalue weighted by molar-refractivity contribution is -0.143. The molecule has 0 rings (SSSR count). The molecule has 98 valence electrons. The number of nitrogens with zero attached hydrogens (tertiary/aromatic N) is 1. The third-order valence-corrected chi connectivity index (χ3v) is 2.75. The highest BCUT2D eigenvalue weighted by Crippen LogP contribution is 2.17. The lowest BCUT2D eigenvalue weighted by atomic mass is 9.97. The van der Waals surface area contributed by atoms with Gasteiger partial charge in [0.2, 0.25) is 0 Å². The summed E-state index contributed by atoms with van der Waals surface area (Å²) >= 11 is 0. The molecule has 0 amide bonds. The molecule has 0 heterocycles. The molecule has 0 bridgehead atoms. The van der Waals surface area contributed by atoms with Crippen molar-refractivity contribution in [3.8, 4) is 0 Å². The van der Waals surface area contributed by atoms with E-state index in [0.29, 0.717) is 19.0 Å². The number of halogens is 3. The maximum atomic E-state index is 12.0. The molecule has 16 heavy (non-hydrogen) atoms. The van der Waals surface area contributed by atoms with Crippen molar-refractivity contribution in [1.82, 2.24) is 4.90 Å². The SMILES string of the molecule is CCC(CCN)CCCN(C)CC(F)(F)F. The van der Waals surface area contributed by atoms with Gasteiger partial charge in [-0.1, -0.05) is 13.3 Å². The van der Waals surface area contributed by atoms with Crippen LogP contribution < -0.4 is 5.73 Å². The molecule has 0 radical (unpaired) electrons. The van der Waals surface area contributed by atoms with Gasteiger partial charge < -0.3 is 5.73 Å². The first-order chi connectivity index (χ1) is 7.39. The predicted molar refractivity (Wildman–Crippen MR) is 60.2 cm³/mol. The van der Waals surface area contributed by atoms with E-state index < -0.39 is 12.7 Å². The zero-order valence-corrected chi connectivity index (χ0v) is 10.2. The highest BCUT2D eigenvalue weighted by Gasteiger charge is 2.28. The van der Waals surface area contributed by atoms with Gasteiger partial charge >= 0.3 is 6.18 Å². The molecular formula is C11H23F3N2. The summed E-state index contributed by atoms with van der Waals surface area (Å²) in [7, 11) is 1.51. The molecular weight excluding hydrogens is 217 g/mol. The minimum Gasteiger partial charge on any atom is -0.330 e. The second kappa shape index (κ2) is 7.90. The quantitative estimate of drug-likeness (QED) is 0.706. The summed E-state index contributed by atoms with van der Waals surface area (Å²) in [4.78, 5) is 1.33. The molecule has 1 unspecified atom stereocenters. The number of alkyl halides is 3. The van der Waals surface area contributed by atoms with Crippen LogP contribution in [0.2, 0.25) is 0 Å². The Hall–Kier alpha value is -0.290. The molecule has 0 aliphatic rings. The van der Waals surface area contributed by atoms with E-state index >= 15 is 0 Å². The molecule has 5 heteroatoms. The lowest BCUT2D eigenvalue weighted by Gasteiger charge is -2.20. The summed E-state index contributed by atoms with van der Waals surface area (Å²) in [6.45, 7) is 2.44. The number of hydrogen-bond donors (Lipinski definition) is 1. The van der Waals surface area contributed by atoms with Gasteiger partial charge in [0.15, 0.2) is 0 Å². The van der Waals surface area contributed by atoms with Gasteiger partial charge in [0.1, 0.15) is 0 Å². The van der Waals surface area contributed by atoms with Gasteiger partial charge in [-0.3, -0.25) is 4.90 Å². The van der Waals surface area contributed by atoms with E-state index in [-0.39, 0.29) is 0 Å². The third-order valence-electron chi connectivity index (χ3n) is 2.75. The van der Waals surface area contributed by atoms with Crippen LogP contribution in [0.1, 0.15) is 32.6 Å². The fraction of sp³-hybridized carbons (Fsp3) is 1.00. The van der Waals surface area contributed by atoms with E-state index in [1.807, 2.05) is 0 Å². The van der Waals surface area contributed by atoms with Crippen LogP contribution in [0.4, 0.5) is 13.2 Å². The molecule has 0 aromatic carbocycles. The molecule has 0 saturated carbocycles. The Morgan fingerprint density at radius 2 is 1.88 bits per heavy atom. The average Bonchev–Trinajstić information content (AvgIpc) is 2.13. The first-order valence-corrected chi connectivity index (χ1v) is 5.84. The lowest BCUT2D eigenvalue weighted by Crippen LogP contribution is -2.31. The van der Waals surface area contributed by atoms with E-state index in [0.717, 1.165) is 25.7 Å². The Balaban J connectivity index is 3.63. The van der Waals surface area contributed by atoms with Crippen molar-refractivity contribution in [3.63, 3.8) is 0 Å². The zero-order chi connectivity index (χ0) is 12.6. The van der Waals surface area contributed by atoms with Gasteiger partial charge in [-0.25, -0.2) is 0 Å². The normalized spacial score (nSPS) is 14.4. The van der Waals surface area contributed by atoms with Crippen LogP contribution in [0.3, 0.4) is 0 Å². The molecule has 0 spiro atoms.